The fraction of sp³-hybridized carbons (Fsp3) is 0.130. The van der Waals surface area contributed by atoms with Crippen LogP contribution in [0.5, 0.6) is 0 Å². The highest BCUT2D eigenvalue weighted by atomic mass is 19.1. The van der Waals surface area contributed by atoms with Crippen molar-refractivity contribution in [2.24, 2.45) is 0 Å². The molecule has 0 aliphatic rings. The van der Waals surface area contributed by atoms with E-state index in [1.54, 1.807) is 12.1 Å². The SMILES string of the molecule is O=C(Nc1cccc(-c2nncn2C(CF)CF)n1)c1cc(Nc2ccccc2)ccc1F. The highest BCUT2D eigenvalue weighted by Crippen LogP contribution is 2.23. The maximum absolute atomic E-state index is 14.4. The third-order valence-corrected chi connectivity index (χ3v) is 4.82. The quantitative estimate of drug-likeness (QED) is 0.395. The molecule has 33 heavy (non-hydrogen) atoms. The van der Waals surface area contributed by atoms with E-state index in [9.17, 15) is 18.0 Å². The van der Waals surface area contributed by atoms with Crippen LogP contribution in [0.3, 0.4) is 0 Å². The summed E-state index contributed by atoms with van der Waals surface area (Å²) in [5, 5.41) is 13.2. The Hall–Kier alpha value is -4.21. The molecule has 0 atom stereocenters. The molecule has 4 rings (SSSR count). The molecule has 0 aliphatic carbocycles. The van der Waals surface area contributed by atoms with Crippen molar-refractivity contribution >= 4 is 23.1 Å². The molecule has 168 valence electrons. The first-order valence-electron chi connectivity index (χ1n) is 10.0. The van der Waals surface area contributed by atoms with Gasteiger partial charge in [0.25, 0.3) is 5.91 Å². The second kappa shape index (κ2) is 9.94. The van der Waals surface area contributed by atoms with E-state index >= 15 is 0 Å². The summed E-state index contributed by atoms with van der Waals surface area (Å²) in [6.45, 7) is -1.88. The molecule has 0 aliphatic heterocycles. The predicted molar refractivity (Wildman–Crippen MR) is 118 cm³/mol. The Kier molecular flexibility index (Phi) is 6.63. The van der Waals surface area contributed by atoms with E-state index < -0.39 is 31.1 Å². The zero-order valence-electron chi connectivity index (χ0n) is 17.3. The molecular formula is C23H19F3N6O. The fourth-order valence-electron chi connectivity index (χ4n) is 3.16. The maximum Gasteiger partial charge on any atom is 0.259 e. The Morgan fingerprint density at radius 3 is 2.52 bits per heavy atom. The second-order valence-corrected chi connectivity index (χ2v) is 7.07. The monoisotopic (exact) mass is 452 g/mol. The molecule has 0 radical (unpaired) electrons. The molecule has 2 heterocycles. The molecule has 10 heteroatoms. The number of nitrogens with zero attached hydrogens (tertiary/aromatic N) is 4. The van der Waals surface area contributed by atoms with Crippen molar-refractivity contribution in [1.29, 1.82) is 0 Å². The van der Waals surface area contributed by atoms with Crippen LogP contribution in [0.4, 0.5) is 30.4 Å². The largest absolute Gasteiger partial charge is 0.356 e. The number of hydrogen-bond donors (Lipinski definition) is 2. The number of benzene rings is 2. The lowest BCUT2D eigenvalue weighted by Gasteiger charge is -2.13. The van der Waals surface area contributed by atoms with Crippen LogP contribution < -0.4 is 10.6 Å². The molecular weight excluding hydrogens is 433 g/mol. The molecule has 2 N–H and O–H groups in total. The van der Waals surface area contributed by atoms with Crippen molar-refractivity contribution in [3.63, 3.8) is 0 Å². The summed E-state index contributed by atoms with van der Waals surface area (Å²) in [4.78, 5) is 17.0. The van der Waals surface area contributed by atoms with Gasteiger partial charge in [0.15, 0.2) is 5.82 Å². The Labute approximate surface area is 187 Å². The molecule has 0 unspecified atom stereocenters. The van der Waals surface area contributed by atoms with E-state index in [-0.39, 0.29) is 22.9 Å². The topological polar surface area (TPSA) is 84.7 Å². The third kappa shape index (κ3) is 5.00. The summed E-state index contributed by atoms with van der Waals surface area (Å²) >= 11 is 0. The number of alkyl halides is 2. The van der Waals surface area contributed by atoms with Crippen LogP contribution >= 0.6 is 0 Å². The summed E-state index contributed by atoms with van der Waals surface area (Å²) in [5.74, 6) is -1.15. The van der Waals surface area contributed by atoms with Gasteiger partial charge in [0.2, 0.25) is 0 Å². The molecule has 2 aromatic carbocycles. The van der Waals surface area contributed by atoms with Crippen molar-refractivity contribution in [2.45, 2.75) is 6.04 Å². The minimum absolute atomic E-state index is 0.116. The number of hydrogen-bond acceptors (Lipinski definition) is 5. The van der Waals surface area contributed by atoms with E-state index in [4.69, 9.17) is 0 Å². The van der Waals surface area contributed by atoms with Gasteiger partial charge in [0.05, 0.1) is 11.6 Å². The minimum atomic E-state index is -1.08. The number of anilines is 3. The second-order valence-electron chi connectivity index (χ2n) is 7.07. The molecule has 0 saturated carbocycles. The third-order valence-electron chi connectivity index (χ3n) is 4.82. The van der Waals surface area contributed by atoms with Crippen LogP contribution in [-0.2, 0) is 0 Å². The average molecular weight is 452 g/mol. The van der Waals surface area contributed by atoms with Crippen LogP contribution in [0, 0.1) is 5.82 Å². The van der Waals surface area contributed by atoms with E-state index in [1.807, 2.05) is 30.3 Å². The Balaban J connectivity index is 1.55. The molecule has 0 bridgehead atoms. The summed E-state index contributed by atoms with van der Waals surface area (Å²) in [5.41, 5.74) is 1.39. The van der Waals surface area contributed by atoms with Crippen LogP contribution in [0.2, 0.25) is 0 Å². The highest BCUT2D eigenvalue weighted by Gasteiger charge is 2.19. The molecule has 2 aromatic heterocycles. The van der Waals surface area contributed by atoms with Gasteiger partial charge in [-0.15, -0.1) is 10.2 Å². The van der Waals surface area contributed by atoms with Gasteiger partial charge in [-0.1, -0.05) is 24.3 Å². The molecule has 0 fully saturated rings. The van der Waals surface area contributed by atoms with Gasteiger partial charge in [-0.2, -0.15) is 0 Å². The number of amides is 1. The van der Waals surface area contributed by atoms with E-state index in [1.165, 1.54) is 35.2 Å². The van der Waals surface area contributed by atoms with Gasteiger partial charge >= 0.3 is 0 Å². The molecule has 0 spiro atoms. The summed E-state index contributed by atoms with van der Waals surface area (Å²) < 4.78 is 41.9. The van der Waals surface area contributed by atoms with Crippen molar-refractivity contribution in [3.8, 4) is 11.5 Å². The number of pyridine rings is 1. The van der Waals surface area contributed by atoms with Gasteiger partial charge < -0.3 is 15.2 Å². The smallest absolute Gasteiger partial charge is 0.259 e. The number of halogens is 3. The molecule has 4 aromatic rings. The standard InChI is InChI=1S/C23H19F3N6O/c24-12-17(13-25)32-14-27-31-22(32)20-7-4-8-21(29-20)30-23(33)18-11-16(9-10-19(18)26)28-15-5-2-1-3-6-15/h1-11,14,17,28H,12-13H2,(H,29,30,33). The first kappa shape index (κ1) is 22.0. The number of para-hydroxylation sites is 1. The highest BCUT2D eigenvalue weighted by molar-refractivity contribution is 6.04. The van der Waals surface area contributed by atoms with Gasteiger partial charge in [-0.3, -0.25) is 4.79 Å². The van der Waals surface area contributed by atoms with Crippen LogP contribution in [0.25, 0.3) is 11.5 Å². The first-order chi connectivity index (χ1) is 16.1. The first-order valence-corrected chi connectivity index (χ1v) is 10.0. The Morgan fingerprint density at radius 2 is 1.76 bits per heavy atom. The lowest BCUT2D eigenvalue weighted by Crippen LogP contribution is -2.16. The predicted octanol–water partition coefficient (Wildman–Crippen LogP) is 4.96. The normalized spacial score (nSPS) is 10.9. The molecule has 1 amide bonds. The van der Waals surface area contributed by atoms with Crippen molar-refractivity contribution in [3.05, 3.63) is 84.4 Å². The van der Waals surface area contributed by atoms with Crippen LogP contribution in [0.1, 0.15) is 16.4 Å². The summed E-state index contributed by atoms with van der Waals surface area (Å²) in [6, 6.07) is 16.9. The van der Waals surface area contributed by atoms with Crippen molar-refractivity contribution in [2.75, 3.05) is 24.0 Å². The van der Waals surface area contributed by atoms with E-state index in [0.29, 0.717) is 5.69 Å². The van der Waals surface area contributed by atoms with E-state index in [0.717, 1.165) is 5.69 Å². The fourth-order valence-corrected chi connectivity index (χ4v) is 3.16. The van der Waals surface area contributed by atoms with Crippen molar-refractivity contribution in [1.82, 2.24) is 19.7 Å². The zero-order valence-corrected chi connectivity index (χ0v) is 17.3. The maximum atomic E-state index is 14.4. The van der Waals surface area contributed by atoms with Crippen molar-refractivity contribution < 1.29 is 18.0 Å². The lowest BCUT2D eigenvalue weighted by atomic mass is 10.1. The molecule has 7 nitrogen and oxygen atoms in total. The van der Waals surface area contributed by atoms with Gasteiger partial charge in [0.1, 0.15) is 37.0 Å². The van der Waals surface area contributed by atoms with Gasteiger partial charge in [-0.05, 0) is 42.5 Å². The van der Waals surface area contributed by atoms with Gasteiger partial charge in [-0.25, -0.2) is 18.2 Å². The number of aromatic nitrogens is 4. The number of carbonyl (C=O) groups is 1. The Morgan fingerprint density at radius 1 is 0.970 bits per heavy atom. The summed E-state index contributed by atoms with van der Waals surface area (Å²) in [7, 11) is 0. The summed E-state index contributed by atoms with van der Waals surface area (Å²) in [6.07, 6.45) is 1.21. The Bertz CT molecular complexity index is 1240. The van der Waals surface area contributed by atoms with Gasteiger partial charge in [0, 0.05) is 11.4 Å². The molecule has 0 saturated heterocycles. The van der Waals surface area contributed by atoms with Crippen LogP contribution in [0.15, 0.2) is 73.1 Å². The van der Waals surface area contributed by atoms with Crippen LogP contribution in [-0.4, -0.2) is 39.0 Å². The van der Waals surface area contributed by atoms with E-state index in [2.05, 4.69) is 25.8 Å². The number of carbonyl (C=O) groups excluding carboxylic acids is 1. The minimum Gasteiger partial charge on any atom is -0.356 e. The number of rotatable bonds is 8. The number of nitrogens with one attached hydrogen (secondary N) is 2. The average Bonchev–Trinajstić information content (AvgIpc) is 3.32. The lowest BCUT2D eigenvalue weighted by molar-refractivity contribution is 0.102. The zero-order chi connectivity index (χ0) is 23.2.